The van der Waals surface area contributed by atoms with E-state index in [0.29, 0.717) is 5.39 Å². The Hall–Kier alpha value is -1.71. The van der Waals surface area contributed by atoms with Gasteiger partial charge in [-0.3, -0.25) is 0 Å². The molecule has 0 saturated heterocycles. The van der Waals surface area contributed by atoms with Crippen molar-refractivity contribution in [2.75, 3.05) is 0 Å². The SMILES string of the molecule is Cc1ccsc1C(N)c1ccc(F)c2ccccc12. The highest BCUT2D eigenvalue weighted by atomic mass is 32.1. The van der Waals surface area contributed by atoms with Crippen molar-refractivity contribution in [3.63, 3.8) is 0 Å². The summed E-state index contributed by atoms with van der Waals surface area (Å²) in [5.74, 6) is -0.200. The van der Waals surface area contributed by atoms with Crippen molar-refractivity contribution < 1.29 is 4.39 Å². The molecule has 2 N–H and O–H groups in total. The molecule has 3 aromatic rings. The highest BCUT2D eigenvalue weighted by Crippen LogP contribution is 2.32. The Morgan fingerprint density at radius 2 is 1.79 bits per heavy atom. The van der Waals surface area contributed by atoms with Crippen LogP contribution in [-0.4, -0.2) is 0 Å². The molecule has 0 fully saturated rings. The van der Waals surface area contributed by atoms with Gasteiger partial charge in [-0.2, -0.15) is 0 Å². The molecule has 19 heavy (non-hydrogen) atoms. The van der Waals surface area contributed by atoms with Gasteiger partial charge < -0.3 is 5.73 Å². The van der Waals surface area contributed by atoms with E-state index in [0.717, 1.165) is 15.8 Å². The zero-order chi connectivity index (χ0) is 13.4. The number of hydrogen-bond acceptors (Lipinski definition) is 2. The van der Waals surface area contributed by atoms with Crippen LogP contribution in [0.25, 0.3) is 10.8 Å². The minimum Gasteiger partial charge on any atom is -0.320 e. The van der Waals surface area contributed by atoms with Crippen LogP contribution in [0.1, 0.15) is 22.0 Å². The quantitative estimate of drug-likeness (QED) is 0.734. The van der Waals surface area contributed by atoms with Gasteiger partial charge in [0.2, 0.25) is 0 Å². The van der Waals surface area contributed by atoms with Gasteiger partial charge in [-0.05, 0) is 40.9 Å². The number of fused-ring (bicyclic) bond motifs is 1. The third-order valence-electron chi connectivity index (χ3n) is 3.42. The molecule has 0 radical (unpaired) electrons. The van der Waals surface area contributed by atoms with Crippen molar-refractivity contribution in [2.24, 2.45) is 5.73 Å². The second-order valence-corrected chi connectivity index (χ2v) is 5.58. The molecule has 96 valence electrons. The van der Waals surface area contributed by atoms with Gasteiger partial charge in [-0.15, -0.1) is 11.3 Å². The largest absolute Gasteiger partial charge is 0.320 e. The van der Waals surface area contributed by atoms with Gasteiger partial charge in [-0.1, -0.05) is 30.3 Å². The molecule has 0 bridgehead atoms. The number of aryl methyl sites for hydroxylation is 1. The minimum absolute atomic E-state index is 0.200. The second kappa shape index (κ2) is 4.76. The van der Waals surface area contributed by atoms with Gasteiger partial charge in [0, 0.05) is 10.3 Å². The number of rotatable bonds is 2. The van der Waals surface area contributed by atoms with Crippen molar-refractivity contribution in [3.05, 3.63) is 69.7 Å². The summed E-state index contributed by atoms with van der Waals surface area (Å²) in [4.78, 5) is 1.14. The van der Waals surface area contributed by atoms with Gasteiger partial charge in [0.15, 0.2) is 0 Å². The van der Waals surface area contributed by atoms with E-state index >= 15 is 0 Å². The average molecular weight is 271 g/mol. The summed E-state index contributed by atoms with van der Waals surface area (Å²) in [6, 6.07) is 12.6. The van der Waals surface area contributed by atoms with Crippen molar-refractivity contribution in [1.82, 2.24) is 0 Å². The lowest BCUT2D eigenvalue weighted by molar-refractivity contribution is 0.639. The van der Waals surface area contributed by atoms with Crippen LogP contribution in [-0.2, 0) is 0 Å². The summed E-state index contributed by atoms with van der Waals surface area (Å²) >= 11 is 1.65. The van der Waals surface area contributed by atoms with Crippen LogP contribution in [0.2, 0.25) is 0 Å². The maximum absolute atomic E-state index is 13.8. The Kier molecular flexibility index (Phi) is 3.09. The zero-order valence-electron chi connectivity index (χ0n) is 10.6. The monoisotopic (exact) mass is 271 g/mol. The molecule has 0 aliphatic rings. The van der Waals surface area contributed by atoms with E-state index in [1.807, 2.05) is 23.6 Å². The normalized spacial score (nSPS) is 12.8. The van der Waals surface area contributed by atoms with E-state index < -0.39 is 0 Å². The van der Waals surface area contributed by atoms with E-state index in [2.05, 4.69) is 13.0 Å². The summed E-state index contributed by atoms with van der Waals surface area (Å²) < 4.78 is 13.8. The first kappa shape index (κ1) is 12.3. The molecule has 1 heterocycles. The molecule has 0 saturated carbocycles. The third kappa shape index (κ3) is 2.05. The Labute approximate surface area is 115 Å². The van der Waals surface area contributed by atoms with Crippen molar-refractivity contribution in [3.8, 4) is 0 Å². The molecule has 0 aliphatic heterocycles. The number of hydrogen-bond donors (Lipinski definition) is 1. The van der Waals surface area contributed by atoms with Crippen LogP contribution in [0.3, 0.4) is 0 Å². The highest BCUT2D eigenvalue weighted by Gasteiger charge is 2.16. The third-order valence-corrected chi connectivity index (χ3v) is 4.53. The first-order valence-corrected chi connectivity index (χ1v) is 7.03. The molecule has 1 unspecified atom stereocenters. The second-order valence-electron chi connectivity index (χ2n) is 4.63. The number of thiophene rings is 1. The topological polar surface area (TPSA) is 26.0 Å². The molecule has 3 heteroatoms. The smallest absolute Gasteiger partial charge is 0.131 e. The molecule has 1 atom stereocenters. The molecular weight excluding hydrogens is 257 g/mol. The molecule has 0 spiro atoms. The molecular formula is C16H14FNS. The van der Waals surface area contributed by atoms with E-state index in [9.17, 15) is 4.39 Å². The van der Waals surface area contributed by atoms with Crippen LogP contribution >= 0.6 is 11.3 Å². The Morgan fingerprint density at radius 1 is 1.05 bits per heavy atom. The lowest BCUT2D eigenvalue weighted by Gasteiger charge is -2.15. The molecule has 1 nitrogen and oxygen atoms in total. The van der Waals surface area contributed by atoms with Gasteiger partial charge >= 0.3 is 0 Å². The van der Waals surface area contributed by atoms with E-state index in [-0.39, 0.29) is 11.9 Å². The van der Waals surface area contributed by atoms with E-state index in [4.69, 9.17) is 5.73 Å². The van der Waals surface area contributed by atoms with Crippen LogP contribution < -0.4 is 5.73 Å². The maximum Gasteiger partial charge on any atom is 0.131 e. The van der Waals surface area contributed by atoms with Crippen LogP contribution in [0.5, 0.6) is 0 Å². The summed E-state index contributed by atoms with van der Waals surface area (Å²) in [6.45, 7) is 2.05. The first-order chi connectivity index (χ1) is 9.18. The Balaban J connectivity index is 2.21. The predicted molar refractivity (Wildman–Crippen MR) is 79.0 cm³/mol. The number of nitrogens with two attached hydrogens (primary N) is 1. The zero-order valence-corrected chi connectivity index (χ0v) is 11.4. The number of benzene rings is 2. The van der Waals surface area contributed by atoms with E-state index in [1.165, 1.54) is 11.6 Å². The summed E-state index contributed by atoms with van der Waals surface area (Å²) in [5, 5.41) is 3.56. The first-order valence-electron chi connectivity index (χ1n) is 6.15. The van der Waals surface area contributed by atoms with Gasteiger partial charge in [-0.25, -0.2) is 4.39 Å². The van der Waals surface area contributed by atoms with Crippen LogP contribution in [0.4, 0.5) is 4.39 Å². The molecule has 2 aromatic carbocycles. The standard InChI is InChI=1S/C16H14FNS/c1-10-8-9-19-16(10)15(18)13-6-7-14(17)12-5-3-2-4-11(12)13/h2-9,15H,18H2,1H3. The van der Waals surface area contributed by atoms with Crippen molar-refractivity contribution >= 4 is 22.1 Å². The van der Waals surface area contributed by atoms with Crippen LogP contribution in [0, 0.1) is 12.7 Å². The molecule has 3 rings (SSSR count). The molecule has 0 amide bonds. The van der Waals surface area contributed by atoms with Crippen LogP contribution in [0.15, 0.2) is 47.8 Å². The molecule has 1 aromatic heterocycles. The van der Waals surface area contributed by atoms with Crippen molar-refractivity contribution in [1.29, 1.82) is 0 Å². The lowest BCUT2D eigenvalue weighted by atomic mass is 9.97. The predicted octanol–water partition coefficient (Wildman–Crippen LogP) is 4.40. The maximum atomic E-state index is 13.8. The van der Waals surface area contributed by atoms with Gasteiger partial charge in [0.05, 0.1) is 6.04 Å². The van der Waals surface area contributed by atoms with E-state index in [1.54, 1.807) is 23.5 Å². The number of halogens is 1. The summed E-state index contributed by atoms with van der Waals surface area (Å²) in [7, 11) is 0. The fraction of sp³-hybridized carbons (Fsp3) is 0.125. The fourth-order valence-corrected chi connectivity index (χ4v) is 3.35. The fourth-order valence-electron chi connectivity index (χ4n) is 2.40. The van der Waals surface area contributed by atoms with Crippen molar-refractivity contribution in [2.45, 2.75) is 13.0 Å². The Morgan fingerprint density at radius 3 is 2.47 bits per heavy atom. The minimum atomic E-state index is -0.203. The molecule has 0 aliphatic carbocycles. The summed E-state index contributed by atoms with van der Waals surface area (Å²) in [6.07, 6.45) is 0. The lowest BCUT2D eigenvalue weighted by Crippen LogP contribution is -2.12. The van der Waals surface area contributed by atoms with Gasteiger partial charge in [0.1, 0.15) is 5.82 Å². The van der Waals surface area contributed by atoms with Gasteiger partial charge in [0.25, 0.3) is 0 Å². The Bertz CT molecular complexity index is 732. The summed E-state index contributed by atoms with van der Waals surface area (Å²) in [5.41, 5.74) is 8.53. The average Bonchev–Trinajstić information content (AvgIpc) is 2.85. The highest BCUT2D eigenvalue weighted by molar-refractivity contribution is 7.10.